The van der Waals surface area contributed by atoms with Gasteiger partial charge in [0.15, 0.2) is 0 Å². The van der Waals surface area contributed by atoms with Gasteiger partial charge in [-0.05, 0) is 6.07 Å². The van der Waals surface area contributed by atoms with Crippen molar-refractivity contribution in [1.29, 1.82) is 10.5 Å². The lowest BCUT2D eigenvalue weighted by molar-refractivity contribution is -0.0196. The van der Waals surface area contributed by atoms with Crippen molar-refractivity contribution in [2.45, 2.75) is 5.03 Å². The van der Waals surface area contributed by atoms with Gasteiger partial charge < -0.3 is 19.5 Å². The summed E-state index contributed by atoms with van der Waals surface area (Å²) < 4.78 is 15.7. The first-order valence-electron chi connectivity index (χ1n) is 9.06. The molecule has 150 valence electrons. The molecule has 0 bridgehead atoms. The molecule has 0 radical (unpaired) electrons. The van der Waals surface area contributed by atoms with Crippen LogP contribution in [0.5, 0.6) is 5.88 Å². The molecule has 1 saturated heterocycles. The zero-order chi connectivity index (χ0) is 20.6. The van der Waals surface area contributed by atoms with Crippen LogP contribution in [0.15, 0.2) is 23.4 Å². The third-order valence-electron chi connectivity index (χ3n) is 4.35. The number of methoxy groups -OCH3 is 1. The van der Waals surface area contributed by atoms with E-state index in [4.69, 9.17) is 14.2 Å². The Morgan fingerprint density at radius 3 is 2.59 bits per heavy atom. The van der Waals surface area contributed by atoms with E-state index in [9.17, 15) is 10.5 Å². The van der Waals surface area contributed by atoms with Crippen LogP contribution < -0.4 is 10.1 Å². The molecule has 0 spiro atoms. The lowest BCUT2D eigenvalue weighted by Crippen LogP contribution is -2.29. The molecule has 29 heavy (non-hydrogen) atoms. The second-order valence-corrected chi connectivity index (χ2v) is 7.31. The van der Waals surface area contributed by atoms with Gasteiger partial charge in [0.2, 0.25) is 5.88 Å². The second-order valence-electron chi connectivity index (χ2n) is 6.31. The Morgan fingerprint density at radius 2 is 2.03 bits per heavy atom. The zero-order valence-corrected chi connectivity index (χ0v) is 17.1. The summed E-state index contributed by atoms with van der Waals surface area (Å²) in [4.78, 5) is 8.82. The Labute approximate surface area is 173 Å². The molecule has 0 aromatic carbocycles. The summed E-state index contributed by atoms with van der Waals surface area (Å²) in [5.74, 6) is 2.15. The molecule has 0 unspecified atom stereocenters. The van der Waals surface area contributed by atoms with Crippen molar-refractivity contribution in [2.24, 2.45) is 5.92 Å². The number of hydrogen-bond donors (Lipinski definition) is 1. The van der Waals surface area contributed by atoms with E-state index in [-0.39, 0.29) is 0 Å². The molecule has 1 N–H and O–H groups in total. The van der Waals surface area contributed by atoms with Crippen molar-refractivity contribution in [2.75, 3.05) is 51.7 Å². The Balaban J connectivity index is 1.98. The standard InChI is InChI=1S/C20H21N5O3S/c1-23-19-15(7-21)18(14-3-4-17(24-9-14)28-6-5-26-2)16(8-22)20(25-19)29-12-13-10-27-11-13/h3-4,9,13H,5-6,10-12H2,1-2H3,(H,23,25). The largest absolute Gasteiger partial charge is 0.475 e. The Morgan fingerprint density at radius 1 is 1.24 bits per heavy atom. The summed E-state index contributed by atoms with van der Waals surface area (Å²) in [7, 11) is 3.31. The van der Waals surface area contributed by atoms with Crippen LogP contribution in [0.1, 0.15) is 11.1 Å². The van der Waals surface area contributed by atoms with Gasteiger partial charge in [0, 0.05) is 49.2 Å². The normalized spacial score (nSPS) is 13.2. The molecule has 1 aliphatic heterocycles. The monoisotopic (exact) mass is 411 g/mol. The number of anilines is 1. The maximum Gasteiger partial charge on any atom is 0.213 e. The highest BCUT2D eigenvalue weighted by Crippen LogP contribution is 2.37. The molecule has 8 nitrogen and oxygen atoms in total. The average molecular weight is 411 g/mol. The SMILES string of the molecule is CNc1nc(SCC2COC2)c(C#N)c(-c2ccc(OCCOC)nc2)c1C#N. The van der Waals surface area contributed by atoms with Gasteiger partial charge in [0.05, 0.1) is 25.4 Å². The van der Waals surface area contributed by atoms with Crippen LogP contribution in [0.2, 0.25) is 0 Å². The van der Waals surface area contributed by atoms with E-state index in [1.807, 2.05) is 0 Å². The predicted octanol–water partition coefficient (Wildman–Crippen LogP) is 2.69. The van der Waals surface area contributed by atoms with E-state index in [1.54, 1.807) is 32.5 Å². The third kappa shape index (κ3) is 4.77. The van der Waals surface area contributed by atoms with E-state index in [0.717, 1.165) is 19.0 Å². The van der Waals surface area contributed by atoms with Crippen LogP contribution in [0.25, 0.3) is 11.1 Å². The first kappa shape index (κ1) is 20.9. The van der Waals surface area contributed by atoms with Crippen LogP contribution in [-0.2, 0) is 9.47 Å². The van der Waals surface area contributed by atoms with Gasteiger partial charge in [-0.1, -0.05) is 0 Å². The molecule has 0 atom stereocenters. The Hall–Kier alpha value is -2.85. The summed E-state index contributed by atoms with van der Waals surface area (Å²) in [6, 6.07) is 7.92. The highest BCUT2D eigenvalue weighted by atomic mass is 32.2. The number of rotatable bonds is 9. The van der Waals surface area contributed by atoms with Gasteiger partial charge in [-0.3, -0.25) is 0 Å². The molecule has 2 aromatic rings. The van der Waals surface area contributed by atoms with Crippen molar-refractivity contribution in [3.05, 3.63) is 29.5 Å². The number of nitrogens with one attached hydrogen (secondary N) is 1. The Bertz CT molecular complexity index is 933. The van der Waals surface area contributed by atoms with Crippen LogP contribution in [-0.4, -0.2) is 56.3 Å². The summed E-state index contributed by atoms with van der Waals surface area (Å²) in [5, 5.41) is 23.2. The second kappa shape index (κ2) is 10.1. The van der Waals surface area contributed by atoms with Crippen molar-refractivity contribution < 1.29 is 14.2 Å². The predicted molar refractivity (Wildman–Crippen MR) is 109 cm³/mol. The quantitative estimate of drug-likeness (QED) is 0.491. The number of nitriles is 2. The molecule has 0 saturated carbocycles. The molecule has 1 fully saturated rings. The van der Waals surface area contributed by atoms with Gasteiger partial charge >= 0.3 is 0 Å². The van der Waals surface area contributed by atoms with Crippen LogP contribution in [0, 0.1) is 28.6 Å². The minimum Gasteiger partial charge on any atom is -0.475 e. The lowest BCUT2D eigenvalue weighted by Gasteiger charge is -2.25. The van der Waals surface area contributed by atoms with Gasteiger partial charge in [0.1, 0.15) is 35.2 Å². The molecule has 2 aromatic heterocycles. The number of thioether (sulfide) groups is 1. The number of aromatic nitrogens is 2. The fourth-order valence-corrected chi connectivity index (χ4v) is 3.80. The fraction of sp³-hybridized carbons (Fsp3) is 0.400. The summed E-state index contributed by atoms with van der Waals surface area (Å²) >= 11 is 1.51. The Kier molecular flexibility index (Phi) is 7.25. The number of hydrogen-bond acceptors (Lipinski definition) is 9. The minimum atomic E-state index is 0.315. The van der Waals surface area contributed by atoms with Crippen LogP contribution in [0.3, 0.4) is 0 Å². The molecular formula is C20H21N5O3S. The van der Waals surface area contributed by atoms with Crippen molar-refractivity contribution in [1.82, 2.24) is 9.97 Å². The summed E-state index contributed by atoms with van der Waals surface area (Å²) in [6.07, 6.45) is 1.60. The van der Waals surface area contributed by atoms with E-state index in [2.05, 4.69) is 27.4 Å². The summed E-state index contributed by atoms with van der Waals surface area (Å²) in [6.45, 7) is 2.31. The number of nitrogens with zero attached hydrogens (tertiary/aromatic N) is 4. The average Bonchev–Trinajstić information content (AvgIpc) is 2.72. The maximum atomic E-state index is 9.86. The summed E-state index contributed by atoms with van der Waals surface area (Å²) in [5.41, 5.74) is 1.87. The molecular weight excluding hydrogens is 390 g/mol. The van der Waals surface area contributed by atoms with E-state index >= 15 is 0 Å². The molecule has 3 rings (SSSR count). The zero-order valence-electron chi connectivity index (χ0n) is 16.3. The van der Waals surface area contributed by atoms with E-state index in [1.165, 1.54) is 11.8 Å². The molecule has 1 aliphatic rings. The molecule has 0 amide bonds. The highest BCUT2D eigenvalue weighted by molar-refractivity contribution is 7.99. The van der Waals surface area contributed by atoms with Crippen LogP contribution in [0.4, 0.5) is 5.82 Å². The number of pyridine rings is 2. The maximum absolute atomic E-state index is 9.86. The minimum absolute atomic E-state index is 0.315. The van der Waals surface area contributed by atoms with Crippen molar-refractivity contribution >= 4 is 17.6 Å². The molecule has 3 heterocycles. The first-order valence-corrected chi connectivity index (χ1v) is 10.0. The lowest BCUT2D eigenvalue weighted by atomic mass is 9.98. The van der Waals surface area contributed by atoms with Gasteiger partial charge in [-0.25, -0.2) is 9.97 Å². The van der Waals surface area contributed by atoms with E-state index < -0.39 is 0 Å². The molecule has 9 heteroatoms. The van der Waals surface area contributed by atoms with Crippen molar-refractivity contribution in [3.8, 4) is 29.1 Å². The van der Waals surface area contributed by atoms with Gasteiger partial charge in [-0.2, -0.15) is 10.5 Å². The topological polar surface area (TPSA) is 113 Å². The smallest absolute Gasteiger partial charge is 0.213 e. The number of ether oxygens (including phenoxy) is 3. The van der Waals surface area contributed by atoms with Crippen molar-refractivity contribution in [3.63, 3.8) is 0 Å². The third-order valence-corrected chi connectivity index (χ3v) is 5.56. The first-order chi connectivity index (χ1) is 14.2. The highest BCUT2D eigenvalue weighted by Gasteiger charge is 2.24. The van der Waals surface area contributed by atoms with Gasteiger partial charge in [0.25, 0.3) is 0 Å². The van der Waals surface area contributed by atoms with Gasteiger partial charge in [-0.15, -0.1) is 11.8 Å². The van der Waals surface area contributed by atoms with E-state index in [0.29, 0.717) is 58.1 Å². The molecule has 0 aliphatic carbocycles. The fourth-order valence-electron chi connectivity index (χ4n) is 2.77. The van der Waals surface area contributed by atoms with Crippen LogP contribution >= 0.6 is 11.8 Å².